The summed E-state index contributed by atoms with van der Waals surface area (Å²) in [6.45, 7) is 4.31. The third-order valence-corrected chi connectivity index (χ3v) is 5.15. The zero-order valence-electron chi connectivity index (χ0n) is 12.2. The highest BCUT2D eigenvalue weighted by molar-refractivity contribution is 7.11. The molecule has 0 aliphatic heterocycles. The van der Waals surface area contributed by atoms with Crippen LogP contribution in [-0.4, -0.2) is 14.5 Å². The summed E-state index contributed by atoms with van der Waals surface area (Å²) in [7, 11) is 0. The lowest BCUT2D eigenvalue weighted by Crippen LogP contribution is -2.10. The second-order valence-electron chi connectivity index (χ2n) is 5.85. The highest BCUT2D eigenvalue weighted by atomic mass is 32.1. The van der Waals surface area contributed by atoms with Crippen molar-refractivity contribution in [2.75, 3.05) is 5.73 Å². The second kappa shape index (κ2) is 4.56. The smallest absolute Gasteiger partial charge is 0.115 e. The molecule has 4 rings (SSSR count). The van der Waals surface area contributed by atoms with E-state index >= 15 is 0 Å². The summed E-state index contributed by atoms with van der Waals surface area (Å²) < 4.78 is 2.35. The van der Waals surface area contributed by atoms with Crippen molar-refractivity contribution in [1.82, 2.24) is 14.5 Å². The lowest BCUT2D eigenvalue weighted by Gasteiger charge is -2.15. The van der Waals surface area contributed by atoms with Crippen molar-refractivity contribution in [3.8, 4) is 0 Å². The van der Waals surface area contributed by atoms with Gasteiger partial charge < -0.3 is 10.3 Å². The van der Waals surface area contributed by atoms with Crippen molar-refractivity contribution in [2.45, 2.75) is 38.6 Å². The lowest BCUT2D eigenvalue weighted by atomic mass is 10.2. The number of hydrogen-bond acceptors (Lipinski definition) is 4. The van der Waals surface area contributed by atoms with Crippen molar-refractivity contribution < 1.29 is 0 Å². The van der Waals surface area contributed by atoms with Crippen LogP contribution in [0.25, 0.3) is 11.0 Å². The molecule has 21 heavy (non-hydrogen) atoms. The summed E-state index contributed by atoms with van der Waals surface area (Å²) in [5.41, 5.74) is 8.83. The van der Waals surface area contributed by atoms with E-state index in [0.29, 0.717) is 5.92 Å². The standard InChI is InChI=1S/C16H18N4S/c1-9-8-18-16(21-9)10(2)20-14-6-5-12(17)7-13(14)19-15(20)11-3-4-11/h5-8,10-11H,3-4,17H2,1-2H3. The minimum atomic E-state index is 0.216. The van der Waals surface area contributed by atoms with E-state index in [0.717, 1.165) is 21.7 Å². The molecule has 5 heteroatoms. The zero-order chi connectivity index (χ0) is 14.6. The van der Waals surface area contributed by atoms with Crippen LogP contribution in [0.5, 0.6) is 0 Å². The summed E-state index contributed by atoms with van der Waals surface area (Å²) >= 11 is 1.76. The van der Waals surface area contributed by atoms with Gasteiger partial charge in [-0.2, -0.15) is 0 Å². The molecule has 1 atom stereocenters. The molecule has 2 heterocycles. The summed E-state index contributed by atoms with van der Waals surface area (Å²) in [6.07, 6.45) is 4.43. The monoisotopic (exact) mass is 298 g/mol. The van der Waals surface area contributed by atoms with Crippen LogP contribution in [0.2, 0.25) is 0 Å². The molecule has 0 amide bonds. The first-order valence-electron chi connectivity index (χ1n) is 7.33. The lowest BCUT2D eigenvalue weighted by molar-refractivity contribution is 0.616. The van der Waals surface area contributed by atoms with E-state index < -0.39 is 0 Å². The van der Waals surface area contributed by atoms with Gasteiger partial charge in [0.25, 0.3) is 0 Å². The van der Waals surface area contributed by atoms with Crippen molar-refractivity contribution in [3.05, 3.63) is 40.1 Å². The molecule has 2 aromatic heterocycles. The Hall–Kier alpha value is -1.88. The number of nitrogen functional groups attached to an aromatic ring is 1. The fourth-order valence-corrected chi connectivity index (χ4v) is 3.66. The van der Waals surface area contributed by atoms with Gasteiger partial charge in [0.05, 0.1) is 17.1 Å². The van der Waals surface area contributed by atoms with Gasteiger partial charge in [0, 0.05) is 22.7 Å². The van der Waals surface area contributed by atoms with Crippen LogP contribution in [0.15, 0.2) is 24.4 Å². The Morgan fingerprint density at radius 2 is 2.19 bits per heavy atom. The molecule has 0 saturated heterocycles. The molecule has 0 radical (unpaired) electrons. The average molecular weight is 298 g/mol. The van der Waals surface area contributed by atoms with Gasteiger partial charge >= 0.3 is 0 Å². The van der Waals surface area contributed by atoms with Crippen molar-refractivity contribution >= 4 is 28.1 Å². The van der Waals surface area contributed by atoms with Gasteiger partial charge in [-0.3, -0.25) is 0 Å². The molecule has 2 N–H and O–H groups in total. The zero-order valence-corrected chi connectivity index (χ0v) is 13.0. The first-order chi connectivity index (χ1) is 10.1. The molecule has 0 bridgehead atoms. The molecule has 1 fully saturated rings. The first kappa shape index (κ1) is 12.8. The Balaban J connectivity index is 1.91. The molecule has 3 aromatic rings. The maximum absolute atomic E-state index is 5.91. The van der Waals surface area contributed by atoms with Crippen LogP contribution in [0.1, 0.15) is 47.4 Å². The van der Waals surface area contributed by atoms with Gasteiger partial charge in [-0.1, -0.05) is 0 Å². The number of rotatable bonds is 3. The van der Waals surface area contributed by atoms with Crippen LogP contribution >= 0.6 is 11.3 Å². The fraction of sp³-hybridized carbons (Fsp3) is 0.375. The van der Waals surface area contributed by atoms with E-state index in [2.05, 4.69) is 29.5 Å². The Bertz CT molecular complexity index is 813. The Labute approximate surface area is 127 Å². The molecular weight excluding hydrogens is 280 g/mol. The summed E-state index contributed by atoms with van der Waals surface area (Å²) in [5, 5.41) is 1.14. The first-order valence-corrected chi connectivity index (χ1v) is 8.15. The quantitative estimate of drug-likeness (QED) is 0.747. The summed E-state index contributed by atoms with van der Waals surface area (Å²) in [4.78, 5) is 10.7. The van der Waals surface area contributed by atoms with Crippen LogP contribution in [0, 0.1) is 6.92 Å². The number of aryl methyl sites for hydroxylation is 1. The fourth-order valence-electron chi connectivity index (χ4n) is 2.85. The molecule has 0 spiro atoms. The number of nitrogens with zero attached hydrogens (tertiary/aromatic N) is 3. The van der Waals surface area contributed by atoms with Gasteiger partial charge in [0.2, 0.25) is 0 Å². The largest absolute Gasteiger partial charge is 0.399 e. The highest BCUT2D eigenvalue weighted by Gasteiger charge is 2.31. The van der Waals surface area contributed by atoms with Crippen LogP contribution in [0.4, 0.5) is 5.69 Å². The minimum Gasteiger partial charge on any atom is -0.399 e. The van der Waals surface area contributed by atoms with Crippen LogP contribution < -0.4 is 5.73 Å². The Morgan fingerprint density at radius 3 is 2.86 bits per heavy atom. The van der Waals surface area contributed by atoms with Crippen LogP contribution in [0.3, 0.4) is 0 Å². The molecule has 1 saturated carbocycles. The predicted molar refractivity (Wildman–Crippen MR) is 86.8 cm³/mol. The number of benzene rings is 1. The Kier molecular flexibility index (Phi) is 2.79. The number of aromatic nitrogens is 3. The second-order valence-corrected chi connectivity index (χ2v) is 7.11. The van der Waals surface area contributed by atoms with Gasteiger partial charge in [-0.15, -0.1) is 11.3 Å². The molecule has 1 aliphatic carbocycles. The minimum absolute atomic E-state index is 0.216. The number of nitrogens with two attached hydrogens (primary N) is 1. The molecule has 1 unspecified atom stereocenters. The summed E-state index contributed by atoms with van der Waals surface area (Å²) in [5.74, 6) is 1.79. The van der Waals surface area contributed by atoms with Crippen molar-refractivity contribution in [2.24, 2.45) is 0 Å². The number of thiazole rings is 1. The van der Waals surface area contributed by atoms with Gasteiger partial charge in [-0.25, -0.2) is 9.97 Å². The summed E-state index contributed by atoms with van der Waals surface area (Å²) in [6, 6.07) is 6.22. The van der Waals surface area contributed by atoms with E-state index in [-0.39, 0.29) is 6.04 Å². The topological polar surface area (TPSA) is 56.7 Å². The number of hydrogen-bond donors (Lipinski definition) is 1. The highest BCUT2D eigenvalue weighted by Crippen LogP contribution is 2.43. The third-order valence-electron chi connectivity index (χ3n) is 4.07. The molecule has 1 aromatic carbocycles. The SMILES string of the molecule is Cc1cnc(C(C)n2c(C3CC3)nc3cc(N)ccc32)s1. The van der Waals surface area contributed by atoms with Gasteiger partial charge in [0.15, 0.2) is 0 Å². The molecule has 4 nitrogen and oxygen atoms in total. The average Bonchev–Trinajstić information content (AvgIpc) is 3.11. The van der Waals surface area contributed by atoms with Crippen LogP contribution in [-0.2, 0) is 0 Å². The van der Waals surface area contributed by atoms with E-state index in [9.17, 15) is 0 Å². The Morgan fingerprint density at radius 1 is 1.38 bits per heavy atom. The molecule has 108 valence electrons. The predicted octanol–water partition coefficient (Wildman–Crippen LogP) is 3.87. The van der Waals surface area contributed by atoms with Gasteiger partial charge in [0.1, 0.15) is 10.8 Å². The third kappa shape index (κ3) is 2.12. The number of anilines is 1. The molecular formula is C16H18N4S. The van der Waals surface area contributed by atoms with E-state index in [1.165, 1.54) is 23.5 Å². The maximum Gasteiger partial charge on any atom is 0.115 e. The number of imidazole rings is 1. The molecule has 1 aliphatic rings. The van der Waals surface area contributed by atoms with E-state index in [1.807, 2.05) is 18.3 Å². The normalized spacial score (nSPS) is 16.5. The van der Waals surface area contributed by atoms with Crippen molar-refractivity contribution in [1.29, 1.82) is 0 Å². The van der Waals surface area contributed by atoms with Crippen molar-refractivity contribution in [3.63, 3.8) is 0 Å². The maximum atomic E-state index is 5.91. The van der Waals surface area contributed by atoms with Gasteiger partial charge in [-0.05, 0) is 44.9 Å². The number of fused-ring (bicyclic) bond motifs is 1. The van der Waals surface area contributed by atoms with E-state index in [1.54, 1.807) is 11.3 Å². The van der Waals surface area contributed by atoms with E-state index in [4.69, 9.17) is 10.7 Å².